The highest BCUT2D eigenvalue weighted by Gasteiger charge is 2.15. The minimum atomic E-state index is 0.630. The van der Waals surface area contributed by atoms with Gasteiger partial charge in [0.2, 0.25) is 5.88 Å². The van der Waals surface area contributed by atoms with Gasteiger partial charge in [-0.15, -0.1) is 0 Å². The number of hydrogen-bond acceptors (Lipinski definition) is 4. The van der Waals surface area contributed by atoms with Crippen molar-refractivity contribution in [2.45, 2.75) is 19.8 Å². The van der Waals surface area contributed by atoms with Crippen LogP contribution in [0.5, 0.6) is 5.88 Å². The van der Waals surface area contributed by atoms with Crippen LogP contribution < -0.4 is 9.64 Å². The first kappa shape index (κ1) is 12.4. The summed E-state index contributed by atoms with van der Waals surface area (Å²) in [6.45, 7) is 4.41. The van der Waals surface area contributed by atoms with Crippen LogP contribution in [0, 0.1) is 11.3 Å². The minimum absolute atomic E-state index is 0.630. The maximum absolute atomic E-state index is 8.63. The van der Waals surface area contributed by atoms with Gasteiger partial charge in [0.25, 0.3) is 0 Å². The second-order valence-electron chi connectivity index (χ2n) is 4.19. The fourth-order valence-corrected chi connectivity index (χ4v) is 2.07. The van der Waals surface area contributed by atoms with E-state index in [2.05, 4.69) is 16.0 Å². The van der Waals surface area contributed by atoms with E-state index < -0.39 is 0 Å². The van der Waals surface area contributed by atoms with Gasteiger partial charge in [0.15, 0.2) is 0 Å². The van der Waals surface area contributed by atoms with Gasteiger partial charge in [-0.25, -0.2) is 0 Å². The molecule has 1 fully saturated rings. The van der Waals surface area contributed by atoms with Crippen molar-refractivity contribution in [2.75, 3.05) is 24.6 Å². The van der Waals surface area contributed by atoms with Crippen molar-refractivity contribution in [3.05, 3.63) is 29.8 Å². The lowest BCUT2D eigenvalue weighted by molar-refractivity contribution is 0.327. The standard InChI is InChI=1S/C14H17N3O/c1-2-18-14-5-3-4-13(16-14)17-10-7-12(6-9-15)8-11-17/h3-6H,2,7-8,10-11H2,1H3. The van der Waals surface area contributed by atoms with Crippen molar-refractivity contribution in [3.63, 3.8) is 0 Å². The molecule has 0 bridgehead atoms. The Labute approximate surface area is 108 Å². The Hall–Kier alpha value is -2.02. The van der Waals surface area contributed by atoms with Crippen LogP contribution in [-0.4, -0.2) is 24.7 Å². The van der Waals surface area contributed by atoms with E-state index in [4.69, 9.17) is 10.00 Å². The first-order chi connectivity index (χ1) is 8.83. The molecular weight excluding hydrogens is 226 g/mol. The van der Waals surface area contributed by atoms with Gasteiger partial charge in [-0.1, -0.05) is 11.6 Å². The van der Waals surface area contributed by atoms with Crippen LogP contribution in [0.2, 0.25) is 0 Å². The monoisotopic (exact) mass is 243 g/mol. The third-order valence-corrected chi connectivity index (χ3v) is 3.00. The lowest BCUT2D eigenvalue weighted by Crippen LogP contribution is -2.31. The van der Waals surface area contributed by atoms with Crippen molar-refractivity contribution in [2.24, 2.45) is 0 Å². The molecule has 1 aromatic rings. The number of hydrogen-bond donors (Lipinski definition) is 0. The molecule has 1 aromatic heterocycles. The topological polar surface area (TPSA) is 49.1 Å². The molecule has 0 spiro atoms. The first-order valence-corrected chi connectivity index (χ1v) is 6.26. The molecule has 18 heavy (non-hydrogen) atoms. The van der Waals surface area contributed by atoms with Crippen LogP contribution in [0.25, 0.3) is 0 Å². The second kappa shape index (κ2) is 6.06. The van der Waals surface area contributed by atoms with Crippen molar-refractivity contribution in [1.82, 2.24) is 4.98 Å². The van der Waals surface area contributed by atoms with Gasteiger partial charge < -0.3 is 9.64 Å². The lowest BCUT2D eigenvalue weighted by atomic mass is 10.0. The highest BCUT2D eigenvalue weighted by Crippen LogP contribution is 2.22. The Balaban J connectivity index is 2.03. The highest BCUT2D eigenvalue weighted by molar-refractivity contribution is 5.42. The van der Waals surface area contributed by atoms with E-state index in [0.717, 1.165) is 31.7 Å². The fraction of sp³-hybridized carbons (Fsp3) is 0.429. The number of ether oxygens (including phenoxy) is 1. The number of nitriles is 1. The zero-order valence-corrected chi connectivity index (χ0v) is 10.6. The Morgan fingerprint density at radius 3 is 2.89 bits per heavy atom. The molecule has 2 rings (SSSR count). The molecule has 94 valence electrons. The van der Waals surface area contributed by atoms with Crippen LogP contribution >= 0.6 is 0 Å². The molecular formula is C14H17N3O. The summed E-state index contributed by atoms with van der Waals surface area (Å²) in [7, 11) is 0. The molecule has 4 heteroatoms. The van der Waals surface area contributed by atoms with E-state index in [1.54, 1.807) is 6.08 Å². The number of allylic oxidation sites excluding steroid dienone is 1. The van der Waals surface area contributed by atoms with Crippen molar-refractivity contribution < 1.29 is 4.74 Å². The molecule has 0 saturated carbocycles. The maximum Gasteiger partial charge on any atom is 0.215 e. The number of pyridine rings is 1. The average molecular weight is 243 g/mol. The summed E-state index contributed by atoms with van der Waals surface area (Å²) in [6, 6.07) is 7.94. The fourth-order valence-electron chi connectivity index (χ4n) is 2.07. The third-order valence-electron chi connectivity index (χ3n) is 3.00. The summed E-state index contributed by atoms with van der Waals surface area (Å²) in [5, 5.41) is 8.63. The molecule has 0 atom stereocenters. The summed E-state index contributed by atoms with van der Waals surface area (Å²) in [6.07, 6.45) is 3.55. The molecule has 1 aliphatic rings. The molecule has 0 amide bonds. The zero-order valence-electron chi connectivity index (χ0n) is 10.6. The summed E-state index contributed by atoms with van der Waals surface area (Å²) < 4.78 is 5.40. The minimum Gasteiger partial charge on any atom is -0.478 e. The van der Waals surface area contributed by atoms with E-state index in [1.807, 2.05) is 25.1 Å². The van der Waals surface area contributed by atoms with Gasteiger partial charge in [0.1, 0.15) is 5.82 Å². The quantitative estimate of drug-likeness (QED) is 0.765. The van der Waals surface area contributed by atoms with Gasteiger partial charge >= 0.3 is 0 Å². The molecule has 0 N–H and O–H groups in total. The molecule has 0 aliphatic carbocycles. The number of aromatic nitrogens is 1. The van der Waals surface area contributed by atoms with Gasteiger partial charge in [-0.3, -0.25) is 0 Å². The molecule has 2 heterocycles. The summed E-state index contributed by atoms with van der Waals surface area (Å²) in [5.74, 6) is 1.63. The van der Waals surface area contributed by atoms with E-state index >= 15 is 0 Å². The van der Waals surface area contributed by atoms with Crippen LogP contribution in [0.3, 0.4) is 0 Å². The number of piperidine rings is 1. The molecule has 4 nitrogen and oxygen atoms in total. The van der Waals surface area contributed by atoms with E-state index in [-0.39, 0.29) is 0 Å². The van der Waals surface area contributed by atoms with Gasteiger partial charge in [-0.2, -0.15) is 10.2 Å². The predicted molar refractivity (Wildman–Crippen MR) is 70.5 cm³/mol. The Bertz CT molecular complexity index is 466. The van der Waals surface area contributed by atoms with E-state index in [1.165, 1.54) is 5.57 Å². The van der Waals surface area contributed by atoms with E-state index in [0.29, 0.717) is 12.5 Å². The normalized spacial score (nSPS) is 15.1. The average Bonchev–Trinajstić information content (AvgIpc) is 2.41. The lowest BCUT2D eigenvalue weighted by Gasteiger charge is -2.29. The van der Waals surface area contributed by atoms with Gasteiger partial charge in [0.05, 0.1) is 12.7 Å². The number of rotatable bonds is 3. The largest absolute Gasteiger partial charge is 0.478 e. The summed E-state index contributed by atoms with van der Waals surface area (Å²) in [5.41, 5.74) is 1.23. The van der Waals surface area contributed by atoms with Crippen molar-refractivity contribution in [3.8, 4) is 11.9 Å². The van der Waals surface area contributed by atoms with Crippen LogP contribution in [0.15, 0.2) is 29.8 Å². The van der Waals surface area contributed by atoms with Crippen LogP contribution in [0.4, 0.5) is 5.82 Å². The van der Waals surface area contributed by atoms with Crippen molar-refractivity contribution >= 4 is 5.82 Å². The Morgan fingerprint density at radius 1 is 1.44 bits per heavy atom. The van der Waals surface area contributed by atoms with Crippen molar-refractivity contribution in [1.29, 1.82) is 5.26 Å². The molecule has 1 saturated heterocycles. The number of nitrogens with zero attached hydrogens (tertiary/aromatic N) is 3. The highest BCUT2D eigenvalue weighted by atomic mass is 16.5. The van der Waals surface area contributed by atoms with Crippen LogP contribution in [0.1, 0.15) is 19.8 Å². The Kier molecular flexibility index (Phi) is 4.19. The molecule has 1 aliphatic heterocycles. The number of anilines is 1. The van der Waals surface area contributed by atoms with Gasteiger partial charge in [-0.05, 0) is 25.8 Å². The summed E-state index contributed by atoms with van der Waals surface area (Å²) >= 11 is 0. The molecule has 0 radical (unpaired) electrons. The predicted octanol–water partition coefficient (Wildman–Crippen LogP) is 2.53. The molecule has 0 unspecified atom stereocenters. The first-order valence-electron chi connectivity index (χ1n) is 6.26. The Morgan fingerprint density at radius 2 is 2.22 bits per heavy atom. The third kappa shape index (κ3) is 3.01. The smallest absolute Gasteiger partial charge is 0.215 e. The van der Waals surface area contributed by atoms with Crippen LogP contribution in [-0.2, 0) is 0 Å². The summed E-state index contributed by atoms with van der Waals surface area (Å²) in [4.78, 5) is 6.71. The molecule has 0 aromatic carbocycles. The SMILES string of the molecule is CCOc1cccc(N2CCC(=CC#N)CC2)n1. The second-order valence-corrected chi connectivity index (χ2v) is 4.19. The zero-order chi connectivity index (χ0) is 12.8. The van der Waals surface area contributed by atoms with Gasteiger partial charge in [0, 0.05) is 25.2 Å². The van der Waals surface area contributed by atoms with E-state index in [9.17, 15) is 0 Å². The maximum atomic E-state index is 8.63.